The van der Waals surface area contributed by atoms with Crippen LogP contribution < -0.4 is 14.4 Å². The minimum atomic E-state index is -3.76. The lowest BCUT2D eigenvalue weighted by molar-refractivity contribution is -0.131. The third-order valence-electron chi connectivity index (χ3n) is 4.81. The quantitative estimate of drug-likeness (QED) is 0.738. The van der Waals surface area contributed by atoms with Crippen LogP contribution in [0.3, 0.4) is 0 Å². The molecule has 0 atom stereocenters. The number of rotatable bonds is 7. The van der Waals surface area contributed by atoms with E-state index < -0.39 is 15.8 Å². The first kappa shape index (κ1) is 21.1. The molecule has 2 aromatic rings. The Morgan fingerprint density at radius 2 is 1.79 bits per heavy atom. The zero-order valence-electron chi connectivity index (χ0n) is 16.2. The molecule has 3 rings (SSSR count). The Hall–Kier alpha value is -2.65. The van der Waals surface area contributed by atoms with Gasteiger partial charge in [0.25, 0.3) is 0 Å². The standard InChI is InChI=1S/C20H24FN3O4S/c1-28-18-4-2-3-17(15-18)23-11-13-24(14-12-23)20(25)9-10-22-29(26,27)19-7-5-16(21)6-8-19/h2-8,15,22H,9-14H2,1H3. The Bertz CT molecular complexity index is 942. The molecule has 0 aliphatic carbocycles. The summed E-state index contributed by atoms with van der Waals surface area (Å²) in [7, 11) is -2.14. The molecule has 0 radical (unpaired) electrons. The third kappa shape index (κ3) is 5.45. The van der Waals surface area contributed by atoms with E-state index in [1.165, 1.54) is 12.1 Å². The lowest BCUT2D eigenvalue weighted by Crippen LogP contribution is -2.49. The molecule has 0 spiro atoms. The van der Waals surface area contributed by atoms with Crippen LogP contribution in [0.25, 0.3) is 0 Å². The van der Waals surface area contributed by atoms with Gasteiger partial charge in [-0.3, -0.25) is 4.79 Å². The first-order valence-electron chi connectivity index (χ1n) is 9.31. The molecule has 1 aliphatic heterocycles. The Kier molecular flexibility index (Phi) is 6.71. The molecule has 1 saturated heterocycles. The van der Waals surface area contributed by atoms with Crippen molar-refractivity contribution < 1.29 is 22.3 Å². The predicted octanol–water partition coefficient (Wildman–Crippen LogP) is 1.85. The van der Waals surface area contributed by atoms with Crippen molar-refractivity contribution in [3.8, 4) is 5.75 Å². The SMILES string of the molecule is COc1cccc(N2CCN(C(=O)CCNS(=O)(=O)c3ccc(F)cc3)CC2)c1. The third-order valence-corrected chi connectivity index (χ3v) is 6.28. The molecule has 9 heteroatoms. The Balaban J connectivity index is 1.46. The number of hydrogen-bond donors (Lipinski definition) is 1. The van der Waals surface area contributed by atoms with Crippen LogP contribution in [-0.2, 0) is 14.8 Å². The van der Waals surface area contributed by atoms with Crippen molar-refractivity contribution in [2.24, 2.45) is 0 Å². The van der Waals surface area contributed by atoms with E-state index in [0.717, 1.165) is 23.6 Å². The topological polar surface area (TPSA) is 79.0 Å². The van der Waals surface area contributed by atoms with E-state index in [1.54, 1.807) is 12.0 Å². The lowest BCUT2D eigenvalue weighted by atomic mass is 10.2. The highest BCUT2D eigenvalue weighted by molar-refractivity contribution is 7.89. The van der Waals surface area contributed by atoms with E-state index in [9.17, 15) is 17.6 Å². The van der Waals surface area contributed by atoms with Gasteiger partial charge in [-0.2, -0.15) is 0 Å². The molecule has 1 heterocycles. The molecule has 1 amide bonds. The van der Waals surface area contributed by atoms with Crippen LogP contribution in [0.1, 0.15) is 6.42 Å². The number of sulfonamides is 1. The van der Waals surface area contributed by atoms with Crippen molar-refractivity contribution in [3.63, 3.8) is 0 Å². The Morgan fingerprint density at radius 1 is 1.10 bits per heavy atom. The lowest BCUT2D eigenvalue weighted by Gasteiger charge is -2.36. The van der Waals surface area contributed by atoms with E-state index in [1.807, 2.05) is 24.3 Å². The zero-order valence-corrected chi connectivity index (χ0v) is 17.0. The maximum atomic E-state index is 12.9. The van der Waals surface area contributed by atoms with Crippen molar-refractivity contribution in [3.05, 3.63) is 54.3 Å². The predicted molar refractivity (Wildman–Crippen MR) is 108 cm³/mol. The molecule has 1 fully saturated rings. The first-order chi connectivity index (χ1) is 13.9. The fraction of sp³-hybridized carbons (Fsp3) is 0.350. The van der Waals surface area contributed by atoms with Gasteiger partial charge in [0, 0.05) is 50.9 Å². The summed E-state index contributed by atoms with van der Waals surface area (Å²) in [6, 6.07) is 12.3. The molecule has 0 aromatic heterocycles. The smallest absolute Gasteiger partial charge is 0.240 e. The molecule has 0 bridgehead atoms. The summed E-state index contributed by atoms with van der Waals surface area (Å²) in [6.45, 7) is 2.52. The highest BCUT2D eigenvalue weighted by Crippen LogP contribution is 2.22. The summed E-state index contributed by atoms with van der Waals surface area (Å²) in [5.41, 5.74) is 1.04. The average Bonchev–Trinajstić information content (AvgIpc) is 2.74. The van der Waals surface area contributed by atoms with Gasteiger partial charge in [-0.25, -0.2) is 17.5 Å². The van der Waals surface area contributed by atoms with Gasteiger partial charge >= 0.3 is 0 Å². The van der Waals surface area contributed by atoms with E-state index >= 15 is 0 Å². The van der Waals surface area contributed by atoms with E-state index in [0.29, 0.717) is 26.2 Å². The number of methoxy groups -OCH3 is 1. The number of ether oxygens (including phenoxy) is 1. The highest BCUT2D eigenvalue weighted by atomic mass is 32.2. The van der Waals surface area contributed by atoms with Crippen LogP contribution in [0.4, 0.5) is 10.1 Å². The van der Waals surface area contributed by atoms with Crippen LogP contribution in [0.5, 0.6) is 5.75 Å². The fourth-order valence-corrected chi connectivity index (χ4v) is 4.20. The van der Waals surface area contributed by atoms with Gasteiger partial charge < -0.3 is 14.5 Å². The minimum Gasteiger partial charge on any atom is -0.497 e. The number of nitrogens with zero attached hydrogens (tertiary/aromatic N) is 2. The molecular weight excluding hydrogens is 397 g/mol. The largest absolute Gasteiger partial charge is 0.497 e. The van der Waals surface area contributed by atoms with Gasteiger partial charge in [0.1, 0.15) is 11.6 Å². The summed E-state index contributed by atoms with van der Waals surface area (Å²) in [4.78, 5) is 16.3. The average molecular weight is 421 g/mol. The second kappa shape index (κ2) is 9.23. The number of carbonyl (C=O) groups excluding carboxylic acids is 1. The van der Waals surface area contributed by atoms with E-state index in [4.69, 9.17) is 4.74 Å². The maximum absolute atomic E-state index is 12.9. The number of piperazine rings is 1. The van der Waals surface area contributed by atoms with Crippen molar-refractivity contribution in [2.45, 2.75) is 11.3 Å². The number of anilines is 1. The number of carbonyl (C=O) groups is 1. The van der Waals surface area contributed by atoms with Crippen LogP contribution in [-0.4, -0.2) is 59.1 Å². The fourth-order valence-electron chi connectivity index (χ4n) is 3.17. The van der Waals surface area contributed by atoms with Gasteiger partial charge in [0.05, 0.1) is 12.0 Å². The van der Waals surface area contributed by atoms with Crippen LogP contribution >= 0.6 is 0 Å². The molecular formula is C20H24FN3O4S. The molecule has 1 aliphatic rings. The highest BCUT2D eigenvalue weighted by Gasteiger charge is 2.22. The Labute approximate surface area is 170 Å². The van der Waals surface area contributed by atoms with Gasteiger partial charge in [-0.05, 0) is 36.4 Å². The second-order valence-electron chi connectivity index (χ2n) is 6.67. The van der Waals surface area contributed by atoms with Gasteiger partial charge in [-0.1, -0.05) is 6.07 Å². The molecule has 29 heavy (non-hydrogen) atoms. The minimum absolute atomic E-state index is 0.00532. The van der Waals surface area contributed by atoms with Crippen molar-refractivity contribution in [2.75, 3.05) is 44.7 Å². The molecule has 0 unspecified atom stereocenters. The molecule has 0 saturated carbocycles. The number of benzene rings is 2. The van der Waals surface area contributed by atoms with Crippen molar-refractivity contribution in [1.82, 2.24) is 9.62 Å². The summed E-state index contributed by atoms with van der Waals surface area (Å²) < 4.78 is 44.9. The first-order valence-corrected chi connectivity index (χ1v) is 10.8. The van der Waals surface area contributed by atoms with Crippen LogP contribution in [0.2, 0.25) is 0 Å². The molecule has 1 N–H and O–H groups in total. The molecule has 156 valence electrons. The maximum Gasteiger partial charge on any atom is 0.240 e. The summed E-state index contributed by atoms with van der Waals surface area (Å²) >= 11 is 0. The monoisotopic (exact) mass is 421 g/mol. The zero-order chi connectivity index (χ0) is 20.9. The summed E-state index contributed by atoms with van der Waals surface area (Å²) in [5.74, 6) is 0.179. The van der Waals surface area contributed by atoms with Crippen LogP contribution in [0.15, 0.2) is 53.4 Å². The molecule has 2 aromatic carbocycles. The van der Waals surface area contributed by atoms with Gasteiger partial charge in [0.15, 0.2) is 0 Å². The Morgan fingerprint density at radius 3 is 2.45 bits per heavy atom. The van der Waals surface area contributed by atoms with Crippen molar-refractivity contribution in [1.29, 1.82) is 0 Å². The second-order valence-corrected chi connectivity index (χ2v) is 8.44. The van der Waals surface area contributed by atoms with E-state index in [2.05, 4.69) is 9.62 Å². The van der Waals surface area contributed by atoms with E-state index in [-0.39, 0.29) is 23.8 Å². The summed E-state index contributed by atoms with van der Waals surface area (Å²) in [5, 5.41) is 0. The normalized spacial score (nSPS) is 14.7. The number of amides is 1. The number of halogens is 1. The van der Waals surface area contributed by atoms with Gasteiger partial charge in [0.2, 0.25) is 15.9 Å². The van der Waals surface area contributed by atoms with Crippen LogP contribution in [0, 0.1) is 5.82 Å². The number of hydrogen-bond acceptors (Lipinski definition) is 5. The summed E-state index contributed by atoms with van der Waals surface area (Å²) in [6.07, 6.45) is 0.0690. The molecule has 7 nitrogen and oxygen atoms in total. The van der Waals surface area contributed by atoms with Crippen molar-refractivity contribution >= 4 is 21.6 Å². The number of nitrogens with one attached hydrogen (secondary N) is 1. The van der Waals surface area contributed by atoms with Gasteiger partial charge in [-0.15, -0.1) is 0 Å².